The Morgan fingerprint density at radius 3 is 2.64 bits per heavy atom. The first kappa shape index (κ1) is 19.6. The Morgan fingerprint density at radius 2 is 1.89 bits per heavy atom. The zero-order valence-corrected chi connectivity index (χ0v) is 16.7. The molecule has 0 unspecified atom stereocenters. The number of ether oxygens (including phenoxy) is 1. The number of benzene rings is 2. The summed E-state index contributed by atoms with van der Waals surface area (Å²) in [5.74, 6) is 0.501. The van der Waals surface area contributed by atoms with E-state index in [4.69, 9.17) is 16.3 Å². The van der Waals surface area contributed by atoms with Gasteiger partial charge >= 0.3 is 0 Å². The first-order valence-electron chi connectivity index (χ1n) is 8.85. The van der Waals surface area contributed by atoms with Gasteiger partial charge in [-0.1, -0.05) is 36.7 Å². The van der Waals surface area contributed by atoms with Crippen molar-refractivity contribution in [1.82, 2.24) is 9.97 Å². The van der Waals surface area contributed by atoms with Gasteiger partial charge in [-0.05, 0) is 49.2 Å². The highest BCUT2D eigenvalue weighted by atomic mass is 35.5. The number of nitrogens with zero attached hydrogens (tertiary/aromatic N) is 2. The van der Waals surface area contributed by atoms with E-state index in [-0.39, 0.29) is 11.6 Å². The van der Waals surface area contributed by atoms with Gasteiger partial charge in [0, 0.05) is 16.4 Å². The molecule has 1 heterocycles. The summed E-state index contributed by atoms with van der Waals surface area (Å²) < 4.78 is 5.27. The van der Waals surface area contributed by atoms with Crippen molar-refractivity contribution in [2.45, 2.75) is 20.3 Å². The highest BCUT2D eigenvalue weighted by Gasteiger charge is 2.14. The number of rotatable bonds is 6. The quantitative estimate of drug-likeness (QED) is 0.612. The molecule has 0 radical (unpaired) electrons. The zero-order valence-electron chi connectivity index (χ0n) is 15.9. The van der Waals surface area contributed by atoms with Crippen LogP contribution in [0.2, 0.25) is 5.02 Å². The average molecular weight is 397 g/mol. The molecule has 0 aliphatic rings. The van der Waals surface area contributed by atoms with Gasteiger partial charge in [-0.25, -0.2) is 9.97 Å². The highest BCUT2D eigenvalue weighted by molar-refractivity contribution is 6.31. The van der Waals surface area contributed by atoms with Crippen molar-refractivity contribution >= 4 is 34.8 Å². The summed E-state index contributed by atoms with van der Waals surface area (Å²) in [7, 11) is 1.53. The molecule has 7 heteroatoms. The van der Waals surface area contributed by atoms with Crippen molar-refractivity contribution in [1.29, 1.82) is 0 Å². The molecule has 1 amide bonds. The Hall–Kier alpha value is -3.12. The summed E-state index contributed by atoms with van der Waals surface area (Å²) in [6.07, 6.45) is 0.872. The maximum atomic E-state index is 12.7. The molecule has 2 aromatic carbocycles. The van der Waals surface area contributed by atoms with Crippen LogP contribution >= 0.6 is 11.6 Å². The number of aromatic nitrogens is 2. The molecule has 0 saturated heterocycles. The summed E-state index contributed by atoms with van der Waals surface area (Å²) in [6.45, 7) is 3.89. The van der Waals surface area contributed by atoms with Gasteiger partial charge in [-0.2, -0.15) is 0 Å². The number of anilines is 3. The maximum absolute atomic E-state index is 12.7. The fraction of sp³-hybridized carbons (Fsp3) is 0.190. The monoisotopic (exact) mass is 396 g/mol. The Kier molecular flexibility index (Phi) is 6.11. The lowest BCUT2D eigenvalue weighted by Crippen LogP contribution is -2.16. The first-order chi connectivity index (χ1) is 13.5. The lowest BCUT2D eigenvalue weighted by atomic mass is 10.1. The van der Waals surface area contributed by atoms with E-state index < -0.39 is 0 Å². The maximum Gasteiger partial charge on any atom is 0.274 e. The van der Waals surface area contributed by atoms with Crippen molar-refractivity contribution in [3.05, 3.63) is 70.5 Å². The van der Waals surface area contributed by atoms with Gasteiger partial charge in [0.2, 0.25) is 5.95 Å². The molecule has 0 aliphatic heterocycles. The Morgan fingerprint density at radius 1 is 1.11 bits per heavy atom. The molecule has 3 aromatic rings. The van der Waals surface area contributed by atoms with E-state index in [1.54, 1.807) is 24.3 Å². The van der Waals surface area contributed by atoms with Gasteiger partial charge in [0.1, 0.15) is 11.4 Å². The van der Waals surface area contributed by atoms with Crippen LogP contribution in [0.3, 0.4) is 0 Å². The van der Waals surface area contributed by atoms with Crippen molar-refractivity contribution in [3.63, 3.8) is 0 Å². The van der Waals surface area contributed by atoms with Gasteiger partial charge in [-0.15, -0.1) is 0 Å². The summed E-state index contributed by atoms with van der Waals surface area (Å²) in [6, 6.07) is 14.6. The number of aryl methyl sites for hydroxylation is 2. The highest BCUT2D eigenvalue weighted by Crippen LogP contribution is 2.28. The van der Waals surface area contributed by atoms with Crippen molar-refractivity contribution in [2.75, 3.05) is 17.7 Å². The summed E-state index contributed by atoms with van der Waals surface area (Å²) in [4.78, 5) is 21.5. The standard InChI is InChI=1S/C21H21ClN4O2/c1-4-14-7-5-6-8-16(14)25-21-23-13(2)11-18(26-21)20(27)24-17-12-15(22)9-10-19(17)28-3/h5-12H,4H2,1-3H3,(H,24,27)(H,23,25,26). The van der Waals surface area contributed by atoms with E-state index in [2.05, 4.69) is 27.5 Å². The van der Waals surface area contributed by atoms with Crippen LogP contribution in [0.4, 0.5) is 17.3 Å². The summed E-state index contributed by atoms with van der Waals surface area (Å²) in [5, 5.41) is 6.49. The lowest BCUT2D eigenvalue weighted by molar-refractivity contribution is 0.102. The van der Waals surface area contributed by atoms with Crippen molar-refractivity contribution in [3.8, 4) is 5.75 Å². The molecule has 6 nitrogen and oxygen atoms in total. The van der Waals surface area contributed by atoms with E-state index >= 15 is 0 Å². The number of nitrogens with one attached hydrogen (secondary N) is 2. The third-order valence-corrected chi connectivity index (χ3v) is 4.38. The van der Waals surface area contributed by atoms with E-state index in [1.165, 1.54) is 7.11 Å². The fourth-order valence-corrected chi connectivity index (χ4v) is 2.95. The van der Waals surface area contributed by atoms with E-state index in [0.717, 1.165) is 17.7 Å². The van der Waals surface area contributed by atoms with Crippen LogP contribution in [0.5, 0.6) is 5.75 Å². The molecule has 0 fully saturated rings. The molecule has 3 rings (SSSR count). The summed E-state index contributed by atoms with van der Waals surface area (Å²) >= 11 is 6.03. The number of para-hydroxylation sites is 1. The second-order valence-electron chi connectivity index (χ2n) is 6.15. The van der Waals surface area contributed by atoms with Gasteiger partial charge in [0.05, 0.1) is 12.8 Å². The largest absolute Gasteiger partial charge is 0.495 e. The molecule has 0 aliphatic carbocycles. The number of amides is 1. The number of hydrogen-bond acceptors (Lipinski definition) is 5. The van der Waals surface area contributed by atoms with Gasteiger partial charge in [0.15, 0.2) is 0 Å². The Bertz CT molecular complexity index is 1010. The van der Waals surface area contributed by atoms with Crippen LogP contribution in [0.25, 0.3) is 0 Å². The van der Waals surface area contributed by atoms with Crippen LogP contribution in [0, 0.1) is 6.92 Å². The molecular weight excluding hydrogens is 376 g/mol. The molecule has 28 heavy (non-hydrogen) atoms. The molecule has 2 N–H and O–H groups in total. The molecule has 0 spiro atoms. The van der Waals surface area contributed by atoms with E-state index in [1.807, 2.05) is 31.2 Å². The Labute approximate surface area is 168 Å². The van der Waals surface area contributed by atoms with Crippen LogP contribution < -0.4 is 15.4 Å². The van der Waals surface area contributed by atoms with E-state index in [9.17, 15) is 4.79 Å². The minimum atomic E-state index is -0.377. The first-order valence-corrected chi connectivity index (χ1v) is 9.23. The molecule has 1 aromatic heterocycles. The molecular formula is C21H21ClN4O2. The van der Waals surface area contributed by atoms with Crippen LogP contribution in [-0.4, -0.2) is 23.0 Å². The number of hydrogen-bond donors (Lipinski definition) is 2. The number of halogens is 1. The van der Waals surface area contributed by atoms with E-state index in [0.29, 0.717) is 28.1 Å². The Balaban J connectivity index is 1.87. The third kappa shape index (κ3) is 4.58. The smallest absolute Gasteiger partial charge is 0.274 e. The molecule has 0 saturated carbocycles. The van der Waals surface area contributed by atoms with Gasteiger partial charge < -0.3 is 15.4 Å². The molecule has 144 valence electrons. The SMILES string of the molecule is CCc1ccccc1Nc1nc(C)cc(C(=O)Nc2cc(Cl)ccc2OC)n1. The summed E-state index contributed by atoms with van der Waals surface area (Å²) in [5.41, 5.74) is 3.45. The minimum Gasteiger partial charge on any atom is -0.495 e. The predicted octanol–water partition coefficient (Wildman–Crippen LogP) is 5.01. The number of methoxy groups -OCH3 is 1. The average Bonchev–Trinajstić information content (AvgIpc) is 2.68. The lowest BCUT2D eigenvalue weighted by Gasteiger charge is -2.12. The topological polar surface area (TPSA) is 76.1 Å². The second kappa shape index (κ2) is 8.71. The van der Waals surface area contributed by atoms with Crippen LogP contribution in [-0.2, 0) is 6.42 Å². The van der Waals surface area contributed by atoms with Gasteiger partial charge in [0.25, 0.3) is 5.91 Å². The van der Waals surface area contributed by atoms with Crippen molar-refractivity contribution < 1.29 is 9.53 Å². The number of carbonyl (C=O) groups excluding carboxylic acids is 1. The molecule has 0 bridgehead atoms. The van der Waals surface area contributed by atoms with Crippen LogP contribution in [0.15, 0.2) is 48.5 Å². The van der Waals surface area contributed by atoms with Crippen molar-refractivity contribution in [2.24, 2.45) is 0 Å². The number of carbonyl (C=O) groups is 1. The molecule has 0 atom stereocenters. The van der Waals surface area contributed by atoms with Crippen LogP contribution in [0.1, 0.15) is 28.7 Å². The normalized spacial score (nSPS) is 10.4. The fourth-order valence-electron chi connectivity index (χ4n) is 2.78. The zero-order chi connectivity index (χ0) is 20.1. The second-order valence-corrected chi connectivity index (χ2v) is 6.59. The minimum absolute atomic E-state index is 0.242. The third-order valence-electron chi connectivity index (χ3n) is 4.14. The predicted molar refractivity (Wildman–Crippen MR) is 112 cm³/mol. The van der Waals surface area contributed by atoms with Gasteiger partial charge in [-0.3, -0.25) is 4.79 Å².